The summed E-state index contributed by atoms with van der Waals surface area (Å²) in [5, 5.41) is 3.74. The van der Waals surface area contributed by atoms with Crippen LogP contribution in [0.5, 0.6) is 0 Å². The van der Waals surface area contributed by atoms with Crippen LogP contribution in [-0.4, -0.2) is 17.5 Å². The van der Waals surface area contributed by atoms with E-state index in [4.69, 9.17) is 0 Å². The molecule has 0 aliphatic carbocycles. The van der Waals surface area contributed by atoms with Crippen LogP contribution in [0.15, 0.2) is 24.3 Å². The van der Waals surface area contributed by atoms with Gasteiger partial charge in [0.1, 0.15) is 0 Å². The van der Waals surface area contributed by atoms with Gasteiger partial charge >= 0.3 is 0 Å². The highest BCUT2D eigenvalue weighted by molar-refractivity contribution is 7.99. The molecule has 1 aliphatic heterocycles. The zero-order valence-corrected chi connectivity index (χ0v) is 11.9. The molecule has 94 valence electrons. The van der Waals surface area contributed by atoms with Crippen molar-refractivity contribution < 1.29 is 0 Å². The molecule has 0 aromatic heterocycles. The Labute approximate surface area is 109 Å². The maximum absolute atomic E-state index is 3.74. The Balaban J connectivity index is 2.05. The van der Waals surface area contributed by atoms with Gasteiger partial charge in [0, 0.05) is 17.5 Å². The van der Waals surface area contributed by atoms with Gasteiger partial charge in [0.2, 0.25) is 0 Å². The van der Waals surface area contributed by atoms with Crippen molar-refractivity contribution in [1.29, 1.82) is 0 Å². The molecule has 1 atom stereocenters. The van der Waals surface area contributed by atoms with Crippen LogP contribution in [0, 0.1) is 5.41 Å². The van der Waals surface area contributed by atoms with E-state index in [1.54, 1.807) is 0 Å². The number of benzene rings is 1. The summed E-state index contributed by atoms with van der Waals surface area (Å²) in [6, 6.07) is 9.32. The fourth-order valence-corrected chi connectivity index (χ4v) is 3.82. The largest absolute Gasteiger partial charge is 0.381 e. The van der Waals surface area contributed by atoms with Crippen LogP contribution in [0.1, 0.15) is 32.8 Å². The number of anilines is 1. The zero-order valence-electron chi connectivity index (χ0n) is 11.1. The highest BCUT2D eigenvalue weighted by atomic mass is 32.2. The molecule has 0 saturated carbocycles. The van der Waals surface area contributed by atoms with Crippen LogP contribution in [0.4, 0.5) is 5.69 Å². The summed E-state index contributed by atoms with van der Waals surface area (Å²) in [7, 11) is 0. The third-order valence-electron chi connectivity index (χ3n) is 3.37. The molecule has 0 radical (unpaired) electrons. The lowest BCUT2D eigenvalue weighted by Gasteiger charge is -2.36. The van der Waals surface area contributed by atoms with E-state index in [0.29, 0.717) is 11.5 Å². The Hall–Kier alpha value is -0.630. The lowest BCUT2D eigenvalue weighted by Crippen LogP contribution is -2.35. The number of para-hydroxylation sites is 1. The van der Waals surface area contributed by atoms with Crippen LogP contribution in [0.3, 0.4) is 0 Å². The first kappa shape index (κ1) is 12.8. The van der Waals surface area contributed by atoms with Gasteiger partial charge in [-0.1, -0.05) is 39.0 Å². The van der Waals surface area contributed by atoms with Crippen molar-refractivity contribution in [3.8, 4) is 0 Å². The minimum atomic E-state index is 0.474. The third kappa shape index (κ3) is 3.41. The summed E-state index contributed by atoms with van der Waals surface area (Å²) in [6.07, 6.45) is 2.38. The maximum Gasteiger partial charge on any atom is 0.0375 e. The van der Waals surface area contributed by atoms with E-state index >= 15 is 0 Å². The average Bonchev–Trinajstić information content (AvgIpc) is 2.28. The van der Waals surface area contributed by atoms with Crippen molar-refractivity contribution in [2.24, 2.45) is 5.41 Å². The van der Waals surface area contributed by atoms with E-state index in [0.717, 1.165) is 6.42 Å². The summed E-state index contributed by atoms with van der Waals surface area (Å²) in [4.78, 5) is 0. The molecule has 0 spiro atoms. The van der Waals surface area contributed by atoms with Gasteiger partial charge in [-0.2, -0.15) is 11.8 Å². The summed E-state index contributed by atoms with van der Waals surface area (Å²) < 4.78 is 0. The van der Waals surface area contributed by atoms with Crippen LogP contribution < -0.4 is 5.32 Å². The number of hydrogen-bond acceptors (Lipinski definition) is 2. The van der Waals surface area contributed by atoms with Crippen molar-refractivity contribution in [2.75, 3.05) is 16.8 Å². The first-order valence-electron chi connectivity index (χ1n) is 6.53. The van der Waals surface area contributed by atoms with Crippen molar-refractivity contribution in [3.63, 3.8) is 0 Å². The van der Waals surface area contributed by atoms with Crippen molar-refractivity contribution in [2.45, 2.75) is 39.7 Å². The van der Waals surface area contributed by atoms with Crippen LogP contribution in [0.25, 0.3) is 0 Å². The standard InChI is InChI=1S/C15H23NS/c1-4-12-7-5-6-8-14(12)16-13-9-15(2,3)11-17-10-13/h5-8,13,16H,4,9-11H2,1-3H3. The number of hydrogen-bond donors (Lipinski definition) is 1. The Morgan fingerprint density at radius 2 is 2.12 bits per heavy atom. The predicted octanol–water partition coefficient (Wildman–Crippen LogP) is 4.19. The first-order valence-corrected chi connectivity index (χ1v) is 7.68. The van der Waals surface area contributed by atoms with Crippen LogP contribution in [-0.2, 0) is 6.42 Å². The SMILES string of the molecule is CCc1ccccc1NC1CSCC(C)(C)C1. The molecule has 1 N–H and O–H groups in total. The highest BCUT2D eigenvalue weighted by Gasteiger charge is 2.28. The number of aryl methyl sites for hydroxylation is 1. The topological polar surface area (TPSA) is 12.0 Å². The van der Waals surface area contributed by atoms with E-state index < -0.39 is 0 Å². The van der Waals surface area contributed by atoms with Gasteiger partial charge in [0.25, 0.3) is 0 Å². The molecule has 1 nitrogen and oxygen atoms in total. The number of nitrogens with one attached hydrogen (secondary N) is 1. The van der Waals surface area contributed by atoms with Gasteiger partial charge < -0.3 is 5.32 Å². The molecule has 1 heterocycles. The Morgan fingerprint density at radius 3 is 2.82 bits per heavy atom. The minimum absolute atomic E-state index is 0.474. The van der Waals surface area contributed by atoms with Gasteiger partial charge in [-0.25, -0.2) is 0 Å². The molecular weight excluding hydrogens is 226 g/mol. The van der Waals surface area contributed by atoms with Crippen LogP contribution >= 0.6 is 11.8 Å². The first-order chi connectivity index (χ1) is 8.11. The second-order valence-corrected chi connectivity index (χ2v) is 6.77. The van der Waals surface area contributed by atoms with Gasteiger partial charge in [0.05, 0.1) is 0 Å². The molecule has 17 heavy (non-hydrogen) atoms. The molecule has 1 saturated heterocycles. The van der Waals surface area contributed by atoms with Crippen molar-refractivity contribution in [3.05, 3.63) is 29.8 Å². The lowest BCUT2D eigenvalue weighted by atomic mass is 9.87. The Morgan fingerprint density at radius 1 is 1.35 bits per heavy atom. The smallest absolute Gasteiger partial charge is 0.0375 e. The van der Waals surface area contributed by atoms with E-state index in [9.17, 15) is 0 Å². The Kier molecular flexibility index (Phi) is 4.03. The maximum atomic E-state index is 3.74. The second kappa shape index (κ2) is 5.34. The van der Waals surface area contributed by atoms with Gasteiger partial charge in [-0.15, -0.1) is 0 Å². The minimum Gasteiger partial charge on any atom is -0.381 e. The molecule has 1 unspecified atom stereocenters. The molecule has 1 fully saturated rings. The molecule has 2 heteroatoms. The van der Waals surface area contributed by atoms with Gasteiger partial charge in [0.15, 0.2) is 0 Å². The molecule has 1 aromatic rings. The summed E-state index contributed by atoms with van der Waals surface area (Å²) in [5.74, 6) is 2.53. The molecular formula is C15H23NS. The third-order valence-corrected chi connectivity index (χ3v) is 4.99. The fourth-order valence-electron chi connectivity index (χ4n) is 2.54. The summed E-state index contributed by atoms with van der Waals surface area (Å²) in [6.45, 7) is 6.97. The van der Waals surface area contributed by atoms with E-state index in [-0.39, 0.29) is 0 Å². The molecule has 2 rings (SSSR count). The van der Waals surface area contributed by atoms with Crippen LogP contribution in [0.2, 0.25) is 0 Å². The monoisotopic (exact) mass is 249 g/mol. The second-order valence-electron chi connectivity index (χ2n) is 5.74. The van der Waals surface area contributed by atoms with E-state index in [1.165, 1.54) is 29.2 Å². The highest BCUT2D eigenvalue weighted by Crippen LogP contribution is 2.35. The summed E-state index contributed by atoms with van der Waals surface area (Å²) >= 11 is 2.08. The van der Waals surface area contributed by atoms with Crippen molar-refractivity contribution >= 4 is 17.4 Å². The predicted molar refractivity (Wildman–Crippen MR) is 79.0 cm³/mol. The molecule has 1 aromatic carbocycles. The lowest BCUT2D eigenvalue weighted by molar-refractivity contribution is 0.358. The number of rotatable bonds is 3. The molecule has 1 aliphatic rings. The van der Waals surface area contributed by atoms with E-state index in [2.05, 4.69) is 62.1 Å². The van der Waals surface area contributed by atoms with Gasteiger partial charge in [-0.3, -0.25) is 0 Å². The Bertz CT molecular complexity index is 373. The van der Waals surface area contributed by atoms with E-state index in [1.807, 2.05) is 0 Å². The summed E-state index contributed by atoms with van der Waals surface area (Å²) in [5.41, 5.74) is 3.24. The van der Waals surface area contributed by atoms with Crippen molar-refractivity contribution in [1.82, 2.24) is 0 Å². The normalized spacial score (nSPS) is 23.4. The zero-order chi connectivity index (χ0) is 12.3. The van der Waals surface area contributed by atoms with Gasteiger partial charge in [-0.05, 0) is 35.6 Å². The average molecular weight is 249 g/mol. The quantitative estimate of drug-likeness (QED) is 0.862. The molecule has 0 amide bonds. The fraction of sp³-hybridized carbons (Fsp3) is 0.600. The molecule has 0 bridgehead atoms. The number of thioether (sulfide) groups is 1.